The number of primary amides is 1. The molecule has 9 heteroatoms. The number of hydrogen-bond donors (Lipinski definition) is 1. The zero-order valence-corrected chi connectivity index (χ0v) is 10.1. The second kappa shape index (κ2) is 6.01. The monoisotopic (exact) mass is 275 g/mol. The highest BCUT2D eigenvalue weighted by molar-refractivity contribution is 6.30. The van der Waals surface area contributed by atoms with Crippen LogP contribution in [0.5, 0.6) is 5.88 Å². The molecule has 1 atom stereocenters. The highest BCUT2D eigenvalue weighted by Gasteiger charge is 2.19. The first-order valence-corrected chi connectivity index (χ1v) is 5.16. The van der Waals surface area contributed by atoms with Gasteiger partial charge in [0.15, 0.2) is 0 Å². The van der Waals surface area contributed by atoms with Crippen LogP contribution in [0.2, 0.25) is 5.02 Å². The highest BCUT2D eigenvalue weighted by atomic mass is 35.5. The Hall–Kier alpha value is -2.09. The van der Waals surface area contributed by atoms with E-state index in [1.165, 1.54) is 13.1 Å². The van der Waals surface area contributed by atoms with Gasteiger partial charge in [-0.3, -0.25) is 10.1 Å². The predicted octanol–water partition coefficient (Wildman–Crippen LogP) is 1.51. The zero-order chi connectivity index (χ0) is 13.7. The number of nitro groups is 1. The third-order valence-corrected chi connectivity index (χ3v) is 1.97. The molecule has 1 aromatic heterocycles. The molecule has 1 aromatic rings. The lowest BCUT2D eigenvalue weighted by Crippen LogP contribution is -2.25. The van der Waals surface area contributed by atoms with Crippen LogP contribution in [0.3, 0.4) is 0 Å². The van der Waals surface area contributed by atoms with E-state index in [-0.39, 0.29) is 23.2 Å². The molecule has 98 valence electrons. The van der Waals surface area contributed by atoms with Crippen LogP contribution in [0.15, 0.2) is 12.3 Å². The van der Waals surface area contributed by atoms with E-state index in [0.717, 1.165) is 6.07 Å². The molecule has 8 nitrogen and oxygen atoms in total. The third kappa shape index (κ3) is 4.06. The summed E-state index contributed by atoms with van der Waals surface area (Å²) in [6.07, 6.45) is -0.395. The summed E-state index contributed by atoms with van der Waals surface area (Å²) < 4.78 is 9.66. The van der Waals surface area contributed by atoms with Crippen LogP contribution in [0.25, 0.3) is 0 Å². The van der Waals surface area contributed by atoms with Crippen molar-refractivity contribution < 1.29 is 19.2 Å². The van der Waals surface area contributed by atoms with Gasteiger partial charge in [-0.15, -0.1) is 0 Å². The molecule has 0 aliphatic rings. The fourth-order valence-electron chi connectivity index (χ4n) is 1.09. The molecular weight excluding hydrogens is 266 g/mol. The number of amides is 1. The molecule has 1 rings (SSSR count). The fraction of sp³-hybridized carbons (Fsp3) is 0.333. The number of aromatic nitrogens is 1. The van der Waals surface area contributed by atoms with Gasteiger partial charge in [-0.25, -0.2) is 9.78 Å². The van der Waals surface area contributed by atoms with Crippen LogP contribution in [0, 0.1) is 10.1 Å². The summed E-state index contributed by atoms with van der Waals surface area (Å²) in [7, 11) is 0. The number of pyridine rings is 1. The topological polar surface area (TPSA) is 118 Å². The molecule has 0 saturated carbocycles. The van der Waals surface area contributed by atoms with E-state index in [1.54, 1.807) is 0 Å². The first kappa shape index (κ1) is 14.0. The molecule has 1 amide bonds. The van der Waals surface area contributed by atoms with Gasteiger partial charge in [0, 0.05) is 6.07 Å². The van der Waals surface area contributed by atoms with Crippen molar-refractivity contribution in [3.05, 3.63) is 27.4 Å². The SMILES string of the molecule is C[C@@H](COc1ncc(Cl)cc1[N+](=O)[O-])OC(N)=O. The minimum absolute atomic E-state index is 0.113. The van der Waals surface area contributed by atoms with E-state index >= 15 is 0 Å². The van der Waals surface area contributed by atoms with Gasteiger partial charge in [-0.05, 0) is 6.92 Å². The molecule has 0 aliphatic heterocycles. The summed E-state index contributed by atoms with van der Waals surface area (Å²) in [5.74, 6) is -0.204. The van der Waals surface area contributed by atoms with Crippen LogP contribution >= 0.6 is 11.6 Å². The standard InChI is InChI=1S/C9H10ClN3O5/c1-5(18-9(11)14)4-17-8-7(13(15)16)2-6(10)3-12-8/h2-3,5H,4H2,1H3,(H2,11,14)/t5-/m0/s1. The van der Waals surface area contributed by atoms with Gasteiger partial charge in [-0.1, -0.05) is 11.6 Å². The quantitative estimate of drug-likeness (QED) is 0.643. The maximum Gasteiger partial charge on any atom is 0.404 e. The van der Waals surface area contributed by atoms with Crippen molar-refractivity contribution in [2.24, 2.45) is 5.73 Å². The number of hydrogen-bond acceptors (Lipinski definition) is 6. The number of rotatable bonds is 5. The van der Waals surface area contributed by atoms with Gasteiger partial charge >= 0.3 is 11.8 Å². The molecule has 0 aliphatic carbocycles. The number of nitrogens with zero attached hydrogens (tertiary/aromatic N) is 2. The molecule has 0 bridgehead atoms. The minimum Gasteiger partial charge on any atom is -0.469 e. The normalized spacial score (nSPS) is 11.7. The van der Waals surface area contributed by atoms with E-state index < -0.39 is 17.1 Å². The maximum absolute atomic E-state index is 10.7. The van der Waals surface area contributed by atoms with Crippen molar-refractivity contribution in [2.75, 3.05) is 6.61 Å². The number of carbonyl (C=O) groups excluding carboxylic acids is 1. The Morgan fingerprint density at radius 2 is 2.39 bits per heavy atom. The molecule has 0 saturated heterocycles. The van der Waals surface area contributed by atoms with Crippen molar-refractivity contribution >= 4 is 23.4 Å². The maximum atomic E-state index is 10.7. The van der Waals surface area contributed by atoms with Gasteiger partial charge in [0.25, 0.3) is 5.88 Å². The number of halogens is 1. The Morgan fingerprint density at radius 1 is 1.72 bits per heavy atom. The van der Waals surface area contributed by atoms with Crippen molar-refractivity contribution in [3.63, 3.8) is 0 Å². The van der Waals surface area contributed by atoms with Crippen LogP contribution in [0.1, 0.15) is 6.92 Å². The number of ether oxygens (including phenoxy) is 2. The predicted molar refractivity (Wildman–Crippen MR) is 61.5 cm³/mol. The van der Waals surface area contributed by atoms with Gasteiger partial charge in [0.1, 0.15) is 12.7 Å². The van der Waals surface area contributed by atoms with Crippen LogP contribution in [-0.4, -0.2) is 28.7 Å². The molecular formula is C9H10ClN3O5. The van der Waals surface area contributed by atoms with Crippen molar-refractivity contribution in [1.82, 2.24) is 4.98 Å². The summed E-state index contributed by atoms with van der Waals surface area (Å²) in [5.41, 5.74) is 4.44. The molecule has 18 heavy (non-hydrogen) atoms. The van der Waals surface area contributed by atoms with Crippen LogP contribution < -0.4 is 10.5 Å². The zero-order valence-electron chi connectivity index (χ0n) is 9.33. The Balaban J connectivity index is 2.72. The summed E-state index contributed by atoms with van der Waals surface area (Å²) in [6, 6.07) is 1.11. The lowest BCUT2D eigenvalue weighted by molar-refractivity contribution is -0.386. The average molecular weight is 276 g/mol. The molecule has 0 radical (unpaired) electrons. The molecule has 0 fully saturated rings. The Bertz CT molecular complexity index is 468. The smallest absolute Gasteiger partial charge is 0.404 e. The molecule has 2 N–H and O–H groups in total. The lowest BCUT2D eigenvalue weighted by Gasteiger charge is -2.12. The van der Waals surface area contributed by atoms with Crippen molar-refractivity contribution in [3.8, 4) is 5.88 Å². The highest BCUT2D eigenvalue weighted by Crippen LogP contribution is 2.27. The largest absolute Gasteiger partial charge is 0.469 e. The van der Waals surface area contributed by atoms with Gasteiger partial charge in [0.05, 0.1) is 16.1 Å². The van der Waals surface area contributed by atoms with Crippen LogP contribution in [0.4, 0.5) is 10.5 Å². The van der Waals surface area contributed by atoms with Crippen LogP contribution in [-0.2, 0) is 4.74 Å². The molecule has 0 spiro atoms. The van der Waals surface area contributed by atoms with E-state index in [1.807, 2.05) is 0 Å². The molecule has 0 unspecified atom stereocenters. The van der Waals surface area contributed by atoms with E-state index in [9.17, 15) is 14.9 Å². The Labute approximate surface area is 107 Å². The fourth-order valence-corrected chi connectivity index (χ4v) is 1.24. The van der Waals surface area contributed by atoms with E-state index in [0.29, 0.717) is 0 Å². The Morgan fingerprint density at radius 3 is 2.94 bits per heavy atom. The summed E-state index contributed by atoms with van der Waals surface area (Å²) >= 11 is 5.58. The second-order valence-electron chi connectivity index (χ2n) is 3.29. The summed E-state index contributed by atoms with van der Waals surface area (Å²) in [5, 5.41) is 10.8. The first-order valence-electron chi connectivity index (χ1n) is 4.79. The van der Waals surface area contributed by atoms with Crippen molar-refractivity contribution in [2.45, 2.75) is 13.0 Å². The number of carbonyl (C=O) groups is 1. The minimum atomic E-state index is -0.954. The number of nitrogens with two attached hydrogens (primary N) is 1. The van der Waals surface area contributed by atoms with Gasteiger partial charge in [-0.2, -0.15) is 0 Å². The van der Waals surface area contributed by atoms with E-state index in [2.05, 4.69) is 9.72 Å². The third-order valence-electron chi connectivity index (χ3n) is 1.77. The summed E-state index contributed by atoms with van der Waals surface area (Å²) in [6.45, 7) is 1.41. The van der Waals surface area contributed by atoms with E-state index in [4.69, 9.17) is 22.1 Å². The molecule has 1 heterocycles. The second-order valence-corrected chi connectivity index (χ2v) is 3.73. The summed E-state index contributed by atoms with van der Waals surface area (Å²) in [4.78, 5) is 24.2. The van der Waals surface area contributed by atoms with Crippen molar-refractivity contribution in [1.29, 1.82) is 0 Å². The average Bonchev–Trinajstić information content (AvgIpc) is 2.26. The Kier molecular flexibility index (Phi) is 4.67. The van der Waals surface area contributed by atoms with Gasteiger partial charge < -0.3 is 15.2 Å². The first-order chi connectivity index (χ1) is 8.40. The lowest BCUT2D eigenvalue weighted by atomic mass is 10.4. The van der Waals surface area contributed by atoms with Gasteiger partial charge in [0.2, 0.25) is 0 Å². The molecule has 0 aromatic carbocycles.